The van der Waals surface area contributed by atoms with Gasteiger partial charge in [-0.15, -0.1) is 0 Å². The predicted molar refractivity (Wildman–Crippen MR) is 105 cm³/mol. The topological polar surface area (TPSA) is 38.3 Å². The summed E-state index contributed by atoms with van der Waals surface area (Å²) >= 11 is 0. The van der Waals surface area contributed by atoms with Gasteiger partial charge >= 0.3 is 0 Å². The standard InChI is InChI=1S/C21H22NO2P/c1-2-24-25(23,20-16-10-5-11-17-20)21(18-12-6-3-7-13-18)22-19-14-8-4-9-15-19/h3-17,21-22H,2H2,1H3/t21-,25+/m0/s1. The van der Waals surface area contributed by atoms with Crippen molar-refractivity contribution < 1.29 is 9.09 Å². The number of hydrogen-bond donors (Lipinski definition) is 1. The van der Waals surface area contributed by atoms with Crippen LogP contribution in [-0.4, -0.2) is 6.61 Å². The molecule has 0 aliphatic rings. The van der Waals surface area contributed by atoms with E-state index in [0.717, 1.165) is 11.3 Å². The first-order valence-electron chi connectivity index (χ1n) is 8.40. The third-order valence-corrected chi connectivity index (χ3v) is 6.74. The van der Waals surface area contributed by atoms with Crippen LogP contribution < -0.4 is 10.6 Å². The van der Waals surface area contributed by atoms with Crippen molar-refractivity contribution in [3.05, 3.63) is 96.6 Å². The highest BCUT2D eigenvalue weighted by molar-refractivity contribution is 7.67. The third-order valence-electron chi connectivity index (χ3n) is 3.97. The summed E-state index contributed by atoms with van der Waals surface area (Å²) in [5.41, 5.74) is 1.85. The zero-order valence-electron chi connectivity index (χ0n) is 14.2. The van der Waals surface area contributed by atoms with Crippen LogP contribution in [-0.2, 0) is 9.09 Å². The number of anilines is 1. The van der Waals surface area contributed by atoms with Gasteiger partial charge in [0.25, 0.3) is 7.37 Å². The molecule has 128 valence electrons. The molecule has 0 aromatic heterocycles. The first kappa shape index (κ1) is 17.5. The summed E-state index contributed by atoms with van der Waals surface area (Å²) in [6.07, 6.45) is 0. The van der Waals surface area contributed by atoms with E-state index >= 15 is 0 Å². The van der Waals surface area contributed by atoms with Crippen LogP contribution in [0.25, 0.3) is 0 Å². The van der Waals surface area contributed by atoms with Crippen molar-refractivity contribution in [1.29, 1.82) is 0 Å². The zero-order chi connectivity index (χ0) is 17.5. The van der Waals surface area contributed by atoms with Crippen molar-refractivity contribution in [2.45, 2.75) is 12.7 Å². The third kappa shape index (κ3) is 4.01. The fraction of sp³-hybridized carbons (Fsp3) is 0.143. The second kappa shape index (κ2) is 8.15. The SMILES string of the molecule is CCO[P@](=O)(c1ccccc1)[C@H](Nc1ccccc1)c1ccccc1. The van der Waals surface area contributed by atoms with E-state index in [9.17, 15) is 4.57 Å². The van der Waals surface area contributed by atoms with Gasteiger partial charge in [-0.25, -0.2) is 0 Å². The monoisotopic (exact) mass is 351 g/mol. The number of hydrogen-bond acceptors (Lipinski definition) is 3. The van der Waals surface area contributed by atoms with Crippen molar-refractivity contribution in [3.8, 4) is 0 Å². The molecule has 0 radical (unpaired) electrons. The summed E-state index contributed by atoms with van der Waals surface area (Å²) in [5, 5.41) is 4.15. The van der Waals surface area contributed by atoms with Gasteiger partial charge in [-0.2, -0.15) is 0 Å². The maximum atomic E-state index is 14.0. The average Bonchev–Trinajstić information content (AvgIpc) is 2.68. The maximum Gasteiger partial charge on any atom is 0.258 e. The lowest BCUT2D eigenvalue weighted by Crippen LogP contribution is -2.20. The van der Waals surface area contributed by atoms with Gasteiger partial charge in [0.2, 0.25) is 0 Å². The summed E-state index contributed by atoms with van der Waals surface area (Å²) in [6.45, 7) is 2.26. The Labute approximate surface area is 149 Å². The molecule has 25 heavy (non-hydrogen) atoms. The predicted octanol–water partition coefficient (Wildman–Crippen LogP) is 5.44. The molecule has 4 heteroatoms. The minimum absolute atomic E-state index is 0.381. The maximum absolute atomic E-state index is 14.0. The zero-order valence-corrected chi connectivity index (χ0v) is 15.1. The fourth-order valence-corrected chi connectivity index (χ4v) is 5.27. The van der Waals surface area contributed by atoms with E-state index in [0.29, 0.717) is 11.9 Å². The van der Waals surface area contributed by atoms with Gasteiger partial charge in [-0.1, -0.05) is 66.7 Å². The van der Waals surface area contributed by atoms with Crippen molar-refractivity contribution in [2.24, 2.45) is 0 Å². The summed E-state index contributed by atoms with van der Waals surface area (Å²) < 4.78 is 19.9. The Bertz CT molecular complexity index is 822. The Balaban J connectivity index is 2.09. The molecule has 3 nitrogen and oxygen atoms in total. The molecule has 1 N–H and O–H groups in total. The summed E-state index contributed by atoms with van der Waals surface area (Å²) in [4.78, 5) is 0. The minimum Gasteiger partial charge on any atom is -0.370 e. The molecule has 0 saturated carbocycles. The van der Waals surface area contributed by atoms with E-state index < -0.39 is 13.2 Å². The van der Waals surface area contributed by atoms with Crippen LogP contribution in [0, 0.1) is 0 Å². The van der Waals surface area contributed by atoms with Gasteiger partial charge < -0.3 is 9.84 Å². The first-order chi connectivity index (χ1) is 12.2. The summed E-state index contributed by atoms with van der Waals surface area (Å²) in [7, 11) is -3.18. The normalized spacial score (nSPS) is 14.4. The second-order valence-corrected chi connectivity index (χ2v) is 8.16. The molecule has 0 bridgehead atoms. The molecule has 0 spiro atoms. The molecule has 0 heterocycles. The molecule has 0 unspecified atom stereocenters. The van der Waals surface area contributed by atoms with Crippen molar-refractivity contribution in [1.82, 2.24) is 0 Å². The van der Waals surface area contributed by atoms with Crippen LogP contribution in [0.4, 0.5) is 5.69 Å². The van der Waals surface area contributed by atoms with Crippen LogP contribution in [0.15, 0.2) is 91.0 Å². The average molecular weight is 351 g/mol. The highest BCUT2D eigenvalue weighted by Gasteiger charge is 2.37. The van der Waals surface area contributed by atoms with E-state index in [-0.39, 0.29) is 0 Å². The Kier molecular flexibility index (Phi) is 5.70. The molecule has 3 aromatic rings. The molecule has 0 saturated heterocycles. The smallest absolute Gasteiger partial charge is 0.258 e. The van der Waals surface area contributed by atoms with Gasteiger partial charge in [0.15, 0.2) is 0 Å². The van der Waals surface area contributed by atoms with E-state index in [1.807, 2.05) is 97.9 Å². The van der Waals surface area contributed by atoms with Gasteiger partial charge in [0, 0.05) is 11.0 Å². The van der Waals surface area contributed by atoms with E-state index in [2.05, 4.69) is 5.32 Å². The largest absolute Gasteiger partial charge is 0.370 e. The van der Waals surface area contributed by atoms with Crippen molar-refractivity contribution in [3.63, 3.8) is 0 Å². The molecule has 0 fully saturated rings. The highest BCUT2D eigenvalue weighted by Crippen LogP contribution is 2.58. The van der Waals surface area contributed by atoms with Gasteiger partial charge in [0.1, 0.15) is 5.78 Å². The molecular weight excluding hydrogens is 329 g/mol. The molecule has 2 atom stereocenters. The molecular formula is C21H22NO2P. The first-order valence-corrected chi connectivity index (χ1v) is 10.1. The number of para-hydroxylation sites is 1. The molecule has 0 amide bonds. The van der Waals surface area contributed by atoms with E-state index in [1.54, 1.807) is 0 Å². The molecule has 3 rings (SSSR count). The van der Waals surface area contributed by atoms with Gasteiger partial charge in [-0.05, 0) is 36.8 Å². The molecule has 0 aliphatic carbocycles. The van der Waals surface area contributed by atoms with Crippen LogP contribution in [0.5, 0.6) is 0 Å². The van der Waals surface area contributed by atoms with E-state index in [4.69, 9.17) is 4.52 Å². The van der Waals surface area contributed by atoms with Crippen LogP contribution in [0.2, 0.25) is 0 Å². The Morgan fingerprint density at radius 1 is 0.840 bits per heavy atom. The van der Waals surface area contributed by atoms with Crippen molar-refractivity contribution in [2.75, 3.05) is 11.9 Å². The van der Waals surface area contributed by atoms with E-state index in [1.165, 1.54) is 0 Å². The summed E-state index contributed by atoms with van der Waals surface area (Å²) in [5.74, 6) is -0.460. The lowest BCUT2D eigenvalue weighted by atomic mass is 10.2. The van der Waals surface area contributed by atoms with Crippen LogP contribution in [0.3, 0.4) is 0 Å². The van der Waals surface area contributed by atoms with Crippen LogP contribution >= 0.6 is 7.37 Å². The Hall–Kier alpha value is -2.35. The number of benzene rings is 3. The lowest BCUT2D eigenvalue weighted by molar-refractivity contribution is 0.335. The molecule has 3 aromatic carbocycles. The fourth-order valence-electron chi connectivity index (χ4n) is 2.82. The molecule has 0 aliphatic heterocycles. The number of nitrogens with one attached hydrogen (secondary N) is 1. The summed E-state index contributed by atoms with van der Waals surface area (Å²) in [6, 6.07) is 29.1. The minimum atomic E-state index is -3.18. The second-order valence-electron chi connectivity index (χ2n) is 5.67. The van der Waals surface area contributed by atoms with Crippen LogP contribution in [0.1, 0.15) is 18.3 Å². The Morgan fingerprint density at radius 2 is 1.36 bits per heavy atom. The quantitative estimate of drug-likeness (QED) is 0.576. The van der Waals surface area contributed by atoms with Gasteiger partial charge in [0.05, 0.1) is 6.61 Å². The van der Waals surface area contributed by atoms with Gasteiger partial charge in [-0.3, -0.25) is 4.57 Å². The number of rotatable bonds is 7. The Morgan fingerprint density at radius 3 is 1.92 bits per heavy atom. The lowest BCUT2D eigenvalue weighted by Gasteiger charge is -2.29. The van der Waals surface area contributed by atoms with Crippen molar-refractivity contribution >= 4 is 18.4 Å². The highest BCUT2D eigenvalue weighted by atomic mass is 31.2.